The highest BCUT2D eigenvalue weighted by Crippen LogP contribution is 2.32. The Hall–Kier alpha value is -4.91. The molecule has 0 N–H and O–H groups in total. The summed E-state index contributed by atoms with van der Waals surface area (Å²) in [6, 6.07) is 25.3. The lowest BCUT2D eigenvalue weighted by Gasteiger charge is -2.23. The van der Waals surface area contributed by atoms with E-state index in [4.69, 9.17) is 4.74 Å². The molecule has 188 valence electrons. The van der Waals surface area contributed by atoms with Gasteiger partial charge in [0.25, 0.3) is 11.8 Å². The minimum atomic E-state index is -0.158. The van der Waals surface area contributed by atoms with Crippen molar-refractivity contribution in [2.75, 3.05) is 12.0 Å². The molecule has 0 atom stereocenters. The van der Waals surface area contributed by atoms with Crippen molar-refractivity contribution in [1.82, 2.24) is 14.1 Å². The van der Waals surface area contributed by atoms with Crippen molar-refractivity contribution < 1.29 is 14.3 Å². The van der Waals surface area contributed by atoms with Gasteiger partial charge in [-0.15, -0.1) is 0 Å². The van der Waals surface area contributed by atoms with Crippen LogP contribution in [-0.2, 0) is 13.1 Å². The maximum Gasteiger partial charge on any atom is 0.279 e. The molecule has 0 unspecified atom stereocenters. The summed E-state index contributed by atoms with van der Waals surface area (Å²) < 4.78 is 8.84. The number of nitrogens with zero attached hydrogens (tertiary/aromatic N) is 4. The molecule has 7 heteroatoms. The molecule has 0 saturated carbocycles. The summed E-state index contributed by atoms with van der Waals surface area (Å²) in [7, 11) is 1.65. The van der Waals surface area contributed by atoms with Gasteiger partial charge in [-0.1, -0.05) is 36.4 Å². The molecule has 0 fully saturated rings. The Balaban J connectivity index is 1.37. The zero-order valence-electron chi connectivity index (χ0n) is 21.2. The topological polar surface area (TPSA) is 69.4 Å². The molecule has 3 aromatic carbocycles. The van der Waals surface area contributed by atoms with Crippen LogP contribution in [0.25, 0.3) is 11.1 Å². The first-order valence-electron chi connectivity index (χ1n) is 12.4. The number of para-hydroxylation sites is 1. The Morgan fingerprint density at radius 1 is 0.895 bits per heavy atom. The molecular weight excluding hydrogens is 476 g/mol. The number of rotatable bonds is 4. The molecule has 1 aliphatic rings. The molecular formula is C31H26N4O3. The summed E-state index contributed by atoms with van der Waals surface area (Å²) >= 11 is 0. The molecule has 0 radical (unpaired) electrons. The smallest absolute Gasteiger partial charge is 0.279 e. The molecule has 0 bridgehead atoms. The van der Waals surface area contributed by atoms with Gasteiger partial charge in [0, 0.05) is 29.3 Å². The third-order valence-electron chi connectivity index (χ3n) is 7.06. The van der Waals surface area contributed by atoms with Crippen LogP contribution in [0.3, 0.4) is 0 Å². The molecule has 6 rings (SSSR count). The van der Waals surface area contributed by atoms with Crippen molar-refractivity contribution in [3.05, 3.63) is 126 Å². The van der Waals surface area contributed by atoms with Crippen LogP contribution in [0.5, 0.6) is 5.75 Å². The second kappa shape index (κ2) is 9.52. The average molecular weight is 503 g/mol. The highest BCUT2D eigenvalue weighted by molar-refractivity contribution is 6.07. The largest absolute Gasteiger partial charge is 0.497 e. The Labute approximate surface area is 220 Å². The number of anilines is 1. The third-order valence-corrected chi connectivity index (χ3v) is 7.06. The van der Waals surface area contributed by atoms with E-state index in [1.165, 1.54) is 10.9 Å². The fourth-order valence-corrected chi connectivity index (χ4v) is 5.11. The second-order valence-electron chi connectivity index (χ2n) is 9.35. The maximum absolute atomic E-state index is 14.0. The molecule has 3 heterocycles. The van der Waals surface area contributed by atoms with Gasteiger partial charge in [0.1, 0.15) is 17.8 Å². The van der Waals surface area contributed by atoms with E-state index < -0.39 is 0 Å². The second-order valence-corrected chi connectivity index (χ2v) is 9.35. The van der Waals surface area contributed by atoms with E-state index >= 15 is 0 Å². The summed E-state index contributed by atoms with van der Waals surface area (Å²) in [4.78, 5) is 32.9. The van der Waals surface area contributed by atoms with E-state index in [1.54, 1.807) is 24.4 Å². The van der Waals surface area contributed by atoms with E-state index in [-0.39, 0.29) is 11.8 Å². The van der Waals surface area contributed by atoms with Crippen LogP contribution in [0.1, 0.15) is 37.7 Å². The molecule has 7 nitrogen and oxygen atoms in total. The lowest BCUT2D eigenvalue weighted by Crippen LogP contribution is -2.30. The molecule has 2 aromatic heterocycles. The highest BCUT2D eigenvalue weighted by Gasteiger charge is 2.28. The van der Waals surface area contributed by atoms with Crippen LogP contribution in [0.4, 0.5) is 5.69 Å². The van der Waals surface area contributed by atoms with Crippen molar-refractivity contribution >= 4 is 17.5 Å². The number of ether oxygens (including phenoxy) is 1. The number of fused-ring (bicyclic) bond motifs is 2. The number of benzene rings is 3. The first kappa shape index (κ1) is 23.5. The standard InChI is InChI=1S/C31H26N4O3/c1-21-16-23(10-12-27(21)22-7-5-8-26(17-22)38-2)30(36)35-19-25-11-13-29(31(37)33-15-14-32-20-33)34(25)18-24-6-3-4-9-28(24)35/h3-17,20H,18-19H2,1-2H3. The zero-order chi connectivity index (χ0) is 26.2. The Bertz CT molecular complexity index is 1670. The Kier molecular flexibility index (Phi) is 5.88. The number of amides is 1. The minimum Gasteiger partial charge on any atom is -0.497 e. The van der Waals surface area contributed by atoms with E-state index in [1.807, 2.05) is 90.4 Å². The van der Waals surface area contributed by atoms with Crippen molar-refractivity contribution in [2.45, 2.75) is 20.0 Å². The van der Waals surface area contributed by atoms with Gasteiger partial charge in [0.2, 0.25) is 0 Å². The molecule has 0 aliphatic carbocycles. The lowest BCUT2D eigenvalue weighted by molar-refractivity contribution is 0.0950. The molecule has 0 saturated heterocycles. The van der Waals surface area contributed by atoms with Crippen molar-refractivity contribution in [3.63, 3.8) is 0 Å². The summed E-state index contributed by atoms with van der Waals surface area (Å²) in [6.07, 6.45) is 4.72. The van der Waals surface area contributed by atoms with Gasteiger partial charge in [0.05, 0.1) is 20.2 Å². The molecule has 5 aromatic rings. The van der Waals surface area contributed by atoms with Gasteiger partial charge in [-0.05, 0) is 71.6 Å². The van der Waals surface area contributed by atoms with Crippen molar-refractivity contribution in [2.24, 2.45) is 0 Å². The Morgan fingerprint density at radius 3 is 2.55 bits per heavy atom. The van der Waals surface area contributed by atoms with E-state index in [0.717, 1.165) is 39.4 Å². The fraction of sp³-hybridized carbons (Fsp3) is 0.129. The number of imidazole rings is 1. The quantitative estimate of drug-likeness (QED) is 0.322. The third kappa shape index (κ3) is 4.08. The fourth-order valence-electron chi connectivity index (χ4n) is 5.11. The van der Waals surface area contributed by atoms with Crippen LogP contribution < -0.4 is 9.64 Å². The van der Waals surface area contributed by atoms with Crippen LogP contribution >= 0.6 is 0 Å². The minimum absolute atomic E-state index is 0.0881. The number of hydrogen-bond acceptors (Lipinski definition) is 4. The van der Waals surface area contributed by atoms with Crippen LogP contribution in [0.2, 0.25) is 0 Å². The first-order valence-corrected chi connectivity index (χ1v) is 12.4. The molecule has 1 aliphatic heterocycles. The van der Waals surface area contributed by atoms with Gasteiger partial charge in [0.15, 0.2) is 0 Å². The van der Waals surface area contributed by atoms with Gasteiger partial charge in [-0.2, -0.15) is 0 Å². The molecule has 38 heavy (non-hydrogen) atoms. The Morgan fingerprint density at radius 2 is 1.76 bits per heavy atom. The number of carbonyl (C=O) groups is 2. The zero-order valence-corrected chi connectivity index (χ0v) is 21.2. The SMILES string of the molecule is COc1cccc(-c2ccc(C(=O)N3Cc4ccc(C(=O)n5ccnc5)n4Cc4ccccc43)cc2C)c1. The highest BCUT2D eigenvalue weighted by atomic mass is 16.5. The predicted octanol–water partition coefficient (Wildman–Crippen LogP) is 5.57. The summed E-state index contributed by atoms with van der Waals surface area (Å²) in [5.74, 6) is 0.543. The normalized spacial score (nSPS) is 12.4. The number of aromatic nitrogens is 3. The lowest BCUT2D eigenvalue weighted by atomic mass is 9.97. The van der Waals surface area contributed by atoms with Gasteiger partial charge in [-0.25, -0.2) is 4.98 Å². The summed E-state index contributed by atoms with van der Waals surface area (Å²) in [5.41, 5.74) is 6.96. The van der Waals surface area contributed by atoms with Gasteiger partial charge < -0.3 is 14.2 Å². The van der Waals surface area contributed by atoms with Crippen LogP contribution in [0, 0.1) is 6.92 Å². The number of carbonyl (C=O) groups excluding carboxylic acids is 2. The maximum atomic E-state index is 14.0. The molecule has 1 amide bonds. The number of methoxy groups -OCH3 is 1. The van der Waals surface area contributed by atoms with E-state index in [0.29, 0.717) is 24.3 Å². The first-order chi connectivity index (χ1) is 18.5. The predicted molar refractivity (Wildman–Crippen MR) is 146 cm³/mol. The van der Waals surface area contributed by atoms with Gasteiger partial charge >= 0.3 is 0 Å². The van der Waals surface area contributed by atoms with Gasteiger partial charge in [-0.3, -0.25) is 14.2 Å². The molecule has 0 spiro atoms. The number of aryl methyl sites for hydroxylation is 1. The van der Waals surface area contributed by atoms with E-state index in [2.05, 4.69) is 4.98 Å². The summed E-state index contributed by atoms with van der Waals surface area (Å²) in [6.45, 7) is 2.86. The van der Waals surface area contributed by atoms with Crippen molar-refractivity contribution in [3.8, 4) is 16.9 Å². The number of hydrogen-bond donors (Lipinski definition) is 0. The summed E-state index contributed by atoms with van der Waals surface area (Å²) in [5, 5.41) is 0. The van der Waals surface area contributed by atoms with Crippen LogP contribution in [0.15, 0.2) is 97.6 Å². The van der Waals surface area contributed by atoms with E-state index in [9.17, 15) is 9.59 Å². The monoisotopic (exact) mass is 502 g/mol. The van der Waals surface area contributed by atoms with Crippen molar-refractivity contribution in [1.29, 1.82) is 0 Å². The average Bonchev–Trinajstić information content (AvgIpc) is 3.59. The van der Waals surface area contributed by atoms with Crippen LogP contribution in [-0.4, -0.2) is 33.0 Å².